The van der Waals surface area contributed by atoms with Gasteiger partial charge in [0.15, 0.2) is 0 Å². The maximum Gasteiger partial charge on any atom is 0.243 e. The van der Waals surface area contributed by atoms with Crippen molar-refractivity contribution in [3.05, 3.63) is 29.3 Å². The molecule has 1 aliphatic rings. The first-order chi connectivity index (χ1) is 11.6. The number of rotatable bonds is 7. The van der Waals surface area contributed by atoms with E-state index in [-0.39, 0.29) is 30.3 Å². The Morgan fingerprint density at radius 1 is 1.32 bits per heavy atom. The van der Waals surface area contributed by atoms with Crippen LogP contribution in [0.25, 0.3) is 0 Å². The van der Waals surface area contributed by atoms with Crippen LogP contribution >= 0.6 is 11.6 Å². The molecule has 0 aliphatic carbocycles. The Kier molecular flexibility index (Phi) is 6.44. The van der Waals surface area contributed by atoms with E-state index in [0.717, 1.165) is 4.31 Å². The van der Waals surface area contributed by atoms with Crippen molar-refractivity contribution in [2.24, 2.45) is 0 Å². The van der Waals surface area contributed by atoms with Crippen molar-refractivity contribution in [2.75, 3.05) is 39.0 Å². The first kappa shape index (κ1) is 20.1. The van der Waals surface area contributed by atoms with Crippen LogP contribution in [-0.2, 0) is 24.8 Å². The van der Waals surface area contributed by atoms with Crippen LogP contribution in [0, 0.1) is 0 Å². The number of carbonyl (C=O) groups excluding carboxylic acids is 1. The molecule has 1 saturated heterocycles. The van der Waals surface area contributed by atoms with E-state index in [1.807, 2.05) is 0 Å². The number of likely N-dealkylation sites (N-methyl/N-ethyl adjacent to an activating group) is 1. The van der Waals surface area contributed by atoms with Gasteiger partial charge in [-0.15, -0.1) is 0 Å². The third-order valence-electron chi connectivity index (χ3n) is 3.77. The van der Waals surface area contributed by atoms with Crippen LogP contribution in [0.15, 0.2) is 29.2 Å². The standard InChI is InChI=1S/C14H20ClN3O5S2/c1-17(25(22,23)13-5-3-12(15)4-6-13)11-14(19)16-7-9-18-8-2-10-24(18,20)21/h3-6H,2,7-11H2,1H3,(H,16,19). The van der Waals surface area contributed by atoms with E-state index in [1.165, 1.54) is 35.6 Å². The Hall–Kier alpha value is -1.20. The summed E-state index contributed by atoms with van der Waals surface area (Å²) < 4.78 is 50.3. The van der Waals surface area contributed by atoms with Crippen LogP contribution in [0.2, 0.25) is 5.02 Å². The Morgan fingerprint density at radius 2 is 1.96 bits per heavy atom. The lowest BCUT2D eigenvalue weighted by Gasteiger charge is -2.18. The van der Waals surface area contributed by atoms with Gasteiger partial charge in [-0.3, -0.25) is 4.79 Å². The zero-order valence-corrected chi connectivity index (χ0v) is 16.1. The van der Waals surface area contributed by atoms with Crippen molar-refractivity contribution >= 4 is 37.6 Å². The molecule has 0 bridgehead atoms. The molecule has 1 aromatic carbocycles. The monoisotopic (exact) mass is 409 g/mol. The summed E-state index contributed by atoms with van der Waals surface area (Å²) in [5.74, 6) is -0.375. The van der Waals surface area contributed by atoms with Crippen molar-refractivity contribution < 1.29 is 21.6 Å². The van der Waals surface area contributed by atoms with Gasteiger partial charge < -0.3 is 5.32 Å². The second kappa shape index (κ2) is 8.00. The molecule has 1 heterocycles. The van der Waals surface area contributed by atoms with Gasteiger partial charge in [0.1, 0.15) is 0 Å². The second-order valence-electron chi connectivity index (χ2n) is 5.63. The van der Waals surface area contributed by atoms with Crippen molar-refractivity contribution in [1.82, 2.24) is 13.9 Å². The van der Waals surface area contributed by atoms with E-state index in [9.17, 15) is 21.6 Å². The predicted molar refractivity (Wildman–Crippen MR) is 94.3 cm³/mol. The number of amides is 1. The number of halogens is 1. The molecule has 25 heavy (non-hydrogen) atoms. The van der Waals surface area contributed by atoms with Gasteiger partial charge in [-0.25, -0.2) is 21.1 Å². The molecule has 0 radical (unpaired) electrons. The Morgan fingerprint density at radius 3 is 2.52 bits per heavy atom. The first-order valence-electron chi connectivity index (χ1n) is 7.59. The van der Waals surface area contributed by atoms with E-state index in [1.54, 1.807) is 0 Å². The number of nitrogens with zero attached hydrogens (tertiary/aromatic N) is 2. The molecule has 140 valence electrons. The molecule has 0 saturated carbocycles. The van der Waals surface area contributed by atoms with Gasteiger partial charge in [-0.2, -0.15) is 4.31 Å². The minimum absolute atomic E-state index is 0.0374. The lowest BCUT2D eigenvalue weighted by Crippen LogP contribution is -2.41. The van der Waals surface area contributed by atoms with Crippen LogP contribution < -0.4 is 5.32 Å². The van der Waals surface area contributed by atoms with Gasteiger partial charge >= 0.3 is 0 Å². The van der Waals surface area contributed by atoms with E-state index in [2.05, 4.69) is 5.32 Å². The number of benzene rings is 1. The van der Waals surface area contributed by atoms with Crippen LogP contribution in [0.1, 0.15) is 6.42 Å². The van der Waals surface area contributed by atoms with Gasteiger partial charge in [0.25, 0.3) is 0 Å². The Labute approximate surface area is 152 Å². The summed E-state index contributed by atoms with van der Waals surface area (Å²) in [6.07, 6.45) is 0.582. The fourth-order valence-corrected chi connectivity index (χ4v) is 5.17. The van der Waals surface area contributed by atoms with Gasteiger partial charge in [0, 0.05) is 31.7 Å². The lowest BCUT2D eigenvalue weighted by molar-refractivity contribution is -0.121. The normalized spacial score (nSPS) is 17.7. The summed E-state index contributed by atoms with van der Waals surface area (Å²) in [5, 5.41) is 2.95. The fourth-order valence-electron chi connectivity index (χ4n) is 2.39. The molecule has 0 aromatic heterocycles. The zero-order valence-electron chi connectivity index (χ0n) is 13.7. The van der Waals surface area contributed by atoms with Gasteiger partial charge in [-0.1, -0.05) is 11.6 Å². The Bertz CT molecular complexity index is 825. The lowest BCUT2D eigenvalue weighted by atomic mass is 10.4. The molecule has 0 unspecified atom stereocenters. The molecule has 1 aromatic rings. The highest BCUT2D eigenvalue weighted by molar-refractivity contribution is 7.89. The van der Waals surface area contributed by atoms with Gasteiger partial charge in [0.2, 0.25) is 26.0 Å². The molecule has 1 fully saturated rings. The molecule has 1 aliphatic heterocycles. The first-order valence-corrected chi connectivity index (χ1v) is 11.0. The number of sulfonamides is 2. The molecule has 1 N–H and O–H groups in total. The molecule has 8 nitrogen and oxygen atoms in total. The summed E-state index contributed by atoms with van der Waals surface area (Å²) in [6.45, 7) is 0.398. The summed E-state index contributed by atoms with van der Waals surface area (Å²) in [6, 6.07) is 5.65. The summed E-state index contributed by atoms with van der Waals surface area (Å²) in [4.78, 5) is 12.0. The third-order valence-corrected chi connectivity index (χ3v) is 7.80. The van der Waals surface area contributed by atoms with Crippen LogP contribution in [0.5, 0.6) is 0 Å². The zero-order chi connectivity index (χ0) is 18.7. The Balaban J connectivity index is 1.86. The summed E-state index contributed by atoms with van der Waals surface area (Å²) in [7, 11) is -5.71. The third kappa shape index (κ3) is 5.14. The summed E-state index contributed by atoms with van der Waals surface area (Å²) >= 11 is 5.74. The van der Waals surface area contributed by atoms with E-state index in [0.29, 0.717) is 18.0 Å². The number of hydrogen-bond acceptors (Lipinski definition) is 5. The fraction of sp³-hybridized carbons (Fsp3) is 0.500. The van der Waals surface area contributed by atoms with Crippen molar-refractivity contribution in [2.45, 2.75) is 11.3 Å². The second-order valence-corrected chi connectivity index (χ2v) is 10.2. The van der Waals surface area contributed by atoms with Crippen molar-refractivity contribution in [3.63, 3.8) is 0 Å². The highest BCUT2D eigenvalue weighted by Crippen LogP contribution is 2.17. The van der Waals surface area contributed by atoms with Crippen LogP contribution in [0.4, 0.5) is 0 Å². The minimum atomic E-state index is -3.80. The molecular weight excluding hydrogens is 390 g/mol. The molecular formula is C14H20ClN3O5S2. The number of nitrogens with one attached hydrogen (secondary N) is 1. The van der Waals surface area contributed by atoms with E-state index < -0.39 is 26.0 Å². The maximum absolute atomic E-state index is 12.4. The molecule has 0 atom stereocenters. The smallest absolute Gasteiger partial charge is 0.243 e. The molecule has 2 rings (SSSR count). The largest absolute Gasteiger partial charge is 0.354 e. The molecule has 11 heteroatoms. The predicted octanol–water partition coefficient (Wildman–Crippen LogP) is 0.112. The number of carbonyl (C=O) groups is 1. The van der Waals surface area contributed by atoms with Gasteiger partial charge in [0.05, 0.1) is 17.2 Å². The molecule has 1 amide bonds. The van der Waals surface area contributed by atoms with Crippen LogP contribution in [-0.4, -0.2) is 70.3 Å². The minimum Gasteiger partial charge on any atom is -0.354 e. The van der Waals surface area contributed by atoms with Crippen molar-refractivity contribution in [1.29, 1.82) is 0 Å². The highest BCUT2D eigenvalue weighted by Gasteiger charge is 2.28. The summed E-state index contributed by atoms with van der Waals surface area (Å²) in [5.41, 5.74) is 0. The average Bonchev–Trinajstić information content (AvgIpc) is 2.86. The number of hydrogen-bond donors (Lipinski definition) is 1. The van der Waals surface area contributed by atoms with E-state index >= 15 is 0 Å². The van der Waals surface area contributed by atoms with Crippen LogP contribution in [0.3, 0.4) is 0 Å². The quantitative estimate of drug-likeness (QED) is 0.688. The highest BCUT2D eigenvalue weighted by atomic mass is 35.5. The van der Waals surface area contributed by atoms with Gasteiger partial charge in [-0.05, 0) is 30.7 Å². The molecule has 0 spiro atoms. The SMILES string of the molecule is CN(CC(=O)NCCN1CCCS1(=O)=O)S(=O)(=O)c1ccc(Cl)cc1. The topological polar surface area (TPSA) is 104 Å². The maximum atomic E-state index is 12.4. The van der Waals surface area contributed by atoms with E-state index in [4.69, 9.17) is 11.6 Å². The average molecular weight is 410 g/mol. The van der Waals surface area contributed by atoms with Crippen molar-refractivity contribution in [3.8, 4) is 0 Å².